The molecule has 1 heterocycles. The lowest BCUT2D eigenvalue weighted by molar-refractivity contribution is -0.126. The minimum absolute atomic E-state index is 0.0440. The van der Waals surface area contributed by atoms with E-state index in [0.29, 0.717) is 5.69 Å². The molecule has 21 heavy (non-hydrogen) atoms. The van der Waals surface area contributed by atoms with Crippen LogP contribution in [0.25, 0.3) is 0 Å². The number of nitrogens with zero attached hydrogens (tertiary/aromatic N) is 1. The van der Waals surface area contributed by atoms with Crippen molar-refractivity contribution in [3.63, 3.8) is 0 Å². The predicted molar refractivity (Wildman–Crippen MR) is 84.2 cm³/mol. The molecule has 1 aliphatic rings. The minimum atomic E-state index is -0.608. The molecule has 0 radical (unpaired) electrons. The van der Waals surface area contributed by atoms with Crippen LogP contribution in [-0.2, 0) is 4.79 Å². The molecule has 1 unspecified atom stereocenters. The van der Waals surface area contributed by atoms with Crippen LogP contribution >= 0.6 is 0 Å². The van der Waals surface area contributed by atoms with Crippen molar-refractivity contribution in [2.45, 2.75) is 32.4 Å². The molecule has 1 aliphatic heterocycles. The van der Waals surface area contributed by atoms with Crippen LogP contribution in [0, 0.1) is 0 Å². The summed E-state index contributed by atoms with van der Waals surface area (Å²) in [6, 6.07) is 7.38. The molecule has 1 amide bonds. The first-order chi connectivity index (χ1) is 9.93. The van der Waals surface area contributed by atoms with Crippen molar-refractivity contribution in [1.29, 1.82) is 0 Å². The van der Waals surface area contributed by atoms with Crippen LogP contribution < -0.4 is 10.6 Å². The molecule has 1 saturated heterocycles. The molecule has 1 fully saturated rings. The molecule has 0 saturated carbocycles. The van der Waals surface area contributed by atoms with Crippen molar-refractivity contribution in [2.75, 3.05) is 31.5 Å². The van der Waals surface area contributed by atoms with Gasteiger partial charge in [-0.25, -0.2) is 0 Å². The zero-order chi connectivity index (χ0) is 15.5. The van der Waals surface area contributed by atoms with E-state index in [9.17, 15) is 9.90 Å². The topological polar surface area (TPSA) is 64.6 Å². The normalized spacial score (nSPS) is 18.3. The second-order valence-corrected chi connectivity index (χ2v) is 6.01. The zero-order valence-electron chi connectivity index (χ0n) is 13.0. The molecule has 1 aromatic carbocycles. The number of nitrogens with one attached hydrogen (secondary N) is 2. The smallest absolute Gasteiger partial charge is 0.244 e. The van der Waals surface area contributed by atoms with Gasteiger partial charge in [-0.2, -0.15) is 0 Å². The quantitative estimate of drug-likeness (QED) is 0.784. The van der Waals surface area contributed by atoms with Crippen molar-refractivity contribution >= 4 is 11.6 Å². The number of anilines is 1. The largest absolute Gasteiger partial charge is 0.389 e. The van der Waals surface area contributed by atoms with Gasteiger partial charge in [0.25, 0.3) is 0 Å². The average molecular weight is 291 g/mol. The highest BCUT2D eigenvalue weighted by atomic mass is 16.3. The number of carbonyl (C=O) groups excluding carboxylic acids is 1. The number of para-hydroxylation sites is 1. The predicted octanol–water partition coefficient (Wildman–Crippen LogP) is 1.36. The van der Waals surface area contributed by atoms with Crippen LogP contribution in [0.5, 0.6) is 0 Å². The molecular formula is C16H25N3O2. The van der Waals surface area contributed by atoms with Crippen LogP contribution in [0.3, 0.4) is 0 Å². The SMILES string of the molecule is CC(O)c1ccccc1NC(=O)C(C)(C)N1CCNCC1. The molecule has 1 aromatic rings. The van der Waals surface area contributed by atoms with Gasteiger partial charge in [-0.05, 0) is 26.8 Å². The summed E-state index contributed by atoms with van der Waals surface area (Å²) >= 11 is 0. The summed E-state index contributed by atoms with van der Waals surface area (Å²) in [7, 11) is 0. The Hall–Kier alpha value is -1.43. The summed E-state index contributed by atoms with van der Waals surface area (Å²) in [5.74, 6) is -0.0440. The molecule has 2 rings (SSSR count). The second kappa shape index (κ2) is 6.56. The van der Waals surface area contributed by atoms with Gasteiger partial charge < -0.3 is 15.7 Å². The van der Waals surface area contributed by atoms with Crippen molar-refractivity contribution in [1.82, 2.24) is 10.2 Å². The number of amides is 1. The first-order valence-corrected chi connectivity index (χ1v) is 7.47. The van der Waals surface area contributed by atoms with Crippen molar-refractivity contribution in [3.05, 3.63) is 29.8 Å². The molecule has 5 nitrogen and oxygen atoms in total. The lowest BCUT2D eigenvalue weighted by atomic mass is 9.99. The Labute approximate surface area is 126 Å². The fourth-order valence-corrected chi connectivity index (χ4v) is 2.62. The fourth-order valence-electron chi connectivity index (χ4n) is 2.62. The number of aliphatic hydroxyl groups is 1. The van der Waals surface area contributed by atoms with Gasteiger partial charge in [0.05, 0.1) is 11.6 Å². The molecule has 0 bridgehead atoms. The van der Waals surface area contributed by atoms with Gasteiger partial charge in [0, 0.05) is 37.4 Å². The summed E-state index contributed by atoms with van der Waals surface area (Å²) in [5, 5.41) is 16.1. The number of hydrogen-bond acceptors (Lipinski definition) is 4. The molecular weight excluding hydrogens is 266 g/mol. The number of rotatable bonds is 4. The molecule has 1 atom stereocenters. The highest BCUT2D eigenvalue weighted by molar-refractivity contribution is 5.98. The Bertz CT molecular complexity index is 494. The van der Waals surface area contributed by atoms with E-state index in [0.717, 1.165) is 31.7 Å². The van der Waals surface area contributed by atoms with Gasteiger partial charge in [0.1, 0.15) is 0 Å². The maximum atomic E-state index is 12.7. The lowest BCUT2D eigenvalue weighted by Gasteiger charge is -2.39. The fraction of sp³-hybridized carbons (Fsp3) is 0.562. The van der Waals surface area contributed by atoms with E-state index < -0.39 is 11.6 Å². The van der Waals surface area contributed by atoms with E-state index in [-0.39, 0.29) is 5.91 Å². The zero-order valence-corrected chi connectivity index (χ0v) is 13.0. The maximum absolute atomic E-state index is 12.7. The second-order valence-electron chi connectivity index (χ2n) is 6.01. The van der Waals surface area contributed by atoms with Crippen LogP contribution in [0.1, 0.15) is 32.4 Å². The molecule has 0 aromatic heterocycles. The molecule has 0 aliphatic carbocycles. The Balaban J connectivity index is 2.13. The minimum Gasteiger partial charge on any atom is -0.389 e. The number of hydrogen-bond donors (Lipinski definition) is 3. The van der Waals surface area contributed by atoms with Gasteiger partial charge in [-0.1, -0.05) is 18.2 Å². The van der Waals surface area contributed by atoms with Gasteiger partial charge in [-0.15, -0.1) is 0 Å². The van der Waals surface area contributed by atoms with E-state index in [4.69, 9.17) is 0 Å². The first-order valence-electron chi connectivity index (χ1n) is 7.47. The van der Waals surface area contributed by atoms with E-state index in [1.807, 2.05) is 38.1 Å². The van der Waals surface area contributed by atoms with Crippen LogP contribution in [0.2, 0.25) is 0 Å². The Kier molecular flexibility index (Phi) is 4.98. The third-order valence-corrected chi connectivity index (χ3v) is 4.12. The van der Waals surface area contributed by atoms with E-state index in [1.54, 1.807) is 6.92 Å². The van der Waals surface area contributed by atoms with Gasteiger partial charge in [0.2, 0.25) is 5.91 Å². The van der Waals surface area contributed by atoms with Crippen molar-refractivity contribution < 1.29 is 9.90 Å². The van der Waals surface area contributed by atoms with Crippen molar-refractivity contribution in [3.8, 4) is 0 Å². The Morgan fingerprint density at radius 3 is 2.57 bits per heavy atom. The lowest BCUT2D eigenvalue weighted by Crippen LogP contribution is -2.58. The summed E-state index contributed by atoms with van der Waals surface area (Å²) in [6.07, 6.45) is -0.608. The highest BCUT2D eigenvalue weighted by Crippen LogP contribution is 2.24. The molecule has 116 valence electrons. The molecule has 5 heteroatoms. The summed E-state index contributed by atoms with van der Waals surface area (Å²) in [6.45, 7) is 9.11. The summed E-state index contributed by atoms with van der Waals surface area (Å²) in [4.78, 5) is 14.8. The Morgan fingerprint density at radius 1 is 1.33 bits per heavy atom. The average Bonchev–Trinajstić information content (AvgIpc) is 2.48. The van der Waals surface area contributed by atoms with E-state index >= 15 is 0 Å². The standard InChI is InChI=1S/C16H25N3O2/c1-12(20)13-6-4-5-7-14(13)18-15(21)16(2,3)19-10-8-17-9-11-19/h4-7,12,17,20H,8-11H2,1-3H3,(H,18,21). The maximum Gasteiger partial charge on any atom is 0.244 e. The first kappa shape index (κ1) is 15.9. The third-order valence-electron chi connectivity index (χ3n) is 4.12. The van der Waals surface area contributed by atoms with Gasteiger partial charge in [0.15, 0.2) is 0 Å². The number of aliphatic hydroxyl groups excluding tert-OH is 1. The monoisotopic (exact) mass is 291 g/mol. The van der Waals surface area contributed by atoms with E-state index in [2.05, 4.69) is 15.5 Å². The third kappa shape index (κ3) is 3.61. The van der Waals surface area contributed by atoms with Gasteiger partial charge in [-0.3, -0.25) is 9.69 Å². The summed E-state index contributed by atoms with van der Waals surface area (Å²) in [5.41, 5.74) is 0.844. The molecule has 3 N–H and O–H groups in total. The van der Waals surface area contributed by atoms with Crippen molar-refractivity contribution in [2.24, 2.45) is 0 Å². The van der Waals surface area contributed by atoms with E-state index in [1.165, 1.54) is 0 Å². The highest BCUT2D eigenvalue weighted by Gasteiger charge is 2.35. The number of carbonyl (C=O) groups is 1. The van der Waals surface area contributed by atoms with Crippen LogP contribution in [0.15, 0.2) is 24.3 Å². The van der Waals surface area contributed by atoms with Crippen LogP contribution in [0.4, 0.5) is 5.69 Å². The molecule has 0 spiro atoms. The Morgan fingerprint density at radius 2 is 1.95 bits per heavy atom. The number of benzene rings is 1. The van der Waals surface area contributed by atoms with Gasteiger partial charge >= 0.3 is 0 Å². The van der Waals surface area contributed by atoms with Crippen LogP contribution in [-0.4, -0.2) is 47.6 Å². The number of piperazine rings is 1. The summed E-state index contributed by atoms with van der Waals surface area (Å²) < 4.78 is 0.